The fraction of sp³-hybridized carbons (Fsp3) is 0.312. The second-order valence-electron chi connectivity index (χ2n) is 4.78. The van der Waals surface area contributed by atoms with Gasteiger partial charge in [0.1, 0.15) is 0 Å². The number of nitrogens with one attached hydrogen (secondary N) is 1. The zero-order valence-corrected chi connectivity index (χ0v) is 13.0. The molecule has 0 atom stereocenters. The first kappa shape index (κ1) is 17.4. The van der Waals surface area contributed by atoms with Crippen LogP contribution in [-0.4, -0.2) is 50.4 Å². The Morgan fingerprint density at radius 1 is 1.18 bits per heavy atom. The largest absolute Gasteiger partial charge is 0.465 e. The Morgan fingerprint density at radius 2 is 1.82 bits per heavy atom. The summed E-state index contributed by atoms with van der Waals surface area (Å²) < 4.78 is 4.60. The molecule has 1 N–H and O–H groups in total. The van der Waals surface area contributed by atoms with E-state index in [9.17, 15) is 14.4 Å². The van der Waals surface area contributed by atoms with Crippen molar-refractivity contribution in [1.29, 1.82) is 0 Å². The van der Waals surface area contributed by atoms with Gasteiger partial charge in [0.15, 0.2) is 0 Å². The van der Waals surface area contributed by atoms with Crippen LogP contribution in [0.5, 0.6) is 0 Å². The quantitative estimate of drug-likeness (QED) is 0.630. The molecule has 22 heavy (non-hydrogen) atoms. The Balaban J connectivity index is 2.45. The van der Waals surface area contributed by atoms with E-state index >= 15 is 0 Å². The summed E-state index contributed by atoms with van der Waals surface area (Å²) in [6, 6.07) is 6.68. The van der Waals surface area contributed by atoms with Crippen LogP contribution in [0.15, 0.2) is 30.3 Å². The van der Waals surface area contributed by atoms with Gasteiger partial charge in [-0.05, 0) is 23.8 Å². The number of hydrogen-bond donors (Lipinski definition) is 1. The monoisotopic (exact) mass is 304 g/mol. The van der Waals surface area contributed by atoms with Gasteiger partial charge in [0.25, 0.3) is 0 Å². The summed E-state index contributed by atoms with van der Waals surface area (Å²) >= 11 is 0. The number of carbonyl (C=O) groups is 3. The number of nitrogens with zero attached hydrogens (tertiary/aromatic N) is 1. The van der Waals surface area contributed by atoms with E-state index in [1.54, 1.807) is 44.4 Å². The molecular weight excluding hydrogens is 284 g/mol. The predicted octanol–water partition coefficient (Wildman–Crippen LogP) is 1.08. The van der Waals surface area contributed by atoms with Crippen molar-refractivity contribution in [3.8, 4) is 0 Å². The number of rotatable bonds is 6. The van der Waals surface area contributed by atoms with Gasteiger partial charge in [-0.3, -0.25) is 9.59 Å². The standard InChI is InChI=1S/C16H20N2O4/c1-18(2)15(20)10-11-17-14(19)9-6-12-4-7-13(8-5-12)16(21)22-3/h4-9H,10-11H2,1-3H3,(H,17,19). The molecule has 1 aromatic carbocycles. The number of esters is 1. The summed E-state index contributed by atoms with van der Waals surface area (Å²) in [7, 11) is 4.66. The number of carbonyl (C=O) groups excluding carboxylic acids is 3. The summed E-state index contributed by atoms with van der Waals surface area (Å²) in [4.78, 5) is 35.7. The molecule has 1 rings (SSSR count). The van der Waals surface area contributed by atoms with Crippen LogP contribution < -0.4 is 5.32 Å². The average Bonchev–Trinajstić information content (AvgIpc) is 2.52. The molecule has 0 fully saturated rings. The maximum absolute atomic E-state index is 11.6. The van der Waals surface area contributed by atoms with Gasteiger partial charge in [-0.25, -0.2) is 4.79 Å². The highest BCUT2D eigenvalue weighted by Crippen LogP contribution is 2.07. The van der Waals surface area contributed by atoms with Gasteiger partial charge in [-0.2, -0.15) is 0 Å². The zero-order chi connectivity index (χ0) is 16.5. The molecule has 0 bridgehead atoms. The van der Waals surface area contributed by atoms with Crippen molar-refractivity contribution in [2.24, 2.45) is 0 Å². The first-order valence-electron chi connectivity index (χ1n) is 6.78. The Kier molecular flexibility index (Phi) is 6.82. The number of ether oxygens (including phenoxy) is 1. The molecular formula is C16H20N2O4. The third kappa shape index (κ3) is 5.78. The summed E-state index contributed by atoms with van der Waals surface area (Å²) in [5, 5.41) is 2.63. The van der Waals surface area contributed by atoms with E-state index in [0.717, 1.165) is 5.56 Å². The van der Waals surface area contributed by atoms with Gasteiger partial charge in [0, 0.05) is 33.1 Å². The van der Waals surface area contributed by atoms with Gasteiger partial charge in [-0.15, -0.1) is 0 Å². The molecule has 0 heterocycles. The summed E-state index contributed by atoms with van der Waals surface area (Å²) in [6.45, 7) is 0.293. The third-order valence-corrected chi connectivity index (χ3v) is 2.90. The normalized spacial score (nSPS) is 10.3. The maximum Gasteiger partial charge on any atom is 0.337 e. The van der Waals surface area contributed by atoms with E-state index in [2.05, 4.69) is 10.1 Å². The molecule has 0 aromatic heterocycles. The van der Waals surface area contributed by atoms with Gasteiger partial charge in [-0.1, -0.05) is 12.1 Å². The Bertz CT molecular complexity index is 562. The van der Waals surface area contributed by atoms with Crippen molar-refractivity contribution >= 4 is 23.9 Å². The minimum absolute atomic E-state index is 0.0392. The van der Waals surface area contributed by atoms with Crippen LogP contribution in [-0.2, 0) is 14.3 Å². The average molecular weight is 304 g/mol. The first-order chi connectivity index (χ1) is 10.4. The highest BCUT2D eigenvalue weighted by atomic mass is 16.5. The minimum Gasteiger partial charge on any atom is -0.465 e. The molecule has 6 nitrogen and oxygen atoms in total. The van der Waals surface area contributed by atoms with Gasteiger partial charge < -0.3 is 15.0 Å². The number of benzene rings is 1. The first-order valence-corrected chi connectivity index (χ1v) is 6.78. The van der Waals surface area contributed by atoms with Crippen LogP contribution in [0.1, 0.15) is 22.3 Å². The van der Waals surface area contributed by atoms with Crippen LogP contribution >= 0.6 is 0 Å². The lowest BCUT2D eigenvalue weighted by atomic mass is 10.1. The van der Waals surface area contributed by atoms with E-state index in [0.29, 0.717) is 12.1 Å². The molecule has 0 radical (unpaired) electrons. The summed E-state index contributed by atoms with van der Waals surface area (Å²) in [6.07, 6.45) is 3.28. The van der Waals surface area contributed by atoms with Crippen LogP contribution in [0.4, 0.5) is 0 Å². The lowest BCUT2D eigenvalue weighted by Gasteiger charge is -2.09. The van der Waals surface area contributed by atoms with Crippen molar-refractivity contribution < 1.29 is 19.1 Å². The second-order valence-corrected chi connectivity index (χ2v) is 4.78. The van der Waals surface area contributed by atoms with Gasteiger partial charge in [0.2, 0.25) is 11.8 Å². The minimum atomic E-state index is -0.404. The highest BCUT2D eigenvalue weighted by molar-refractivity contribution is 5.92. The molecule has 0 unspecified atom stereocenters. The number of hydrogen-bond acceptors (Lipinski definition) is 4. The molecule has 6 heteroatoms. The van der Waals surface area contributed by atoms with E-state index in [1.807, 2.05) is 0 Å². The fourth-order valence-electron chi connectivity index (χ4n) is 1.60. The van der Waals surface area contributed by atoms with Crippen molar-refractivity contribution in [2.75, 3.05) is 27.7 Å². The zero-order valence-electron chi connectivity index (χ0n) is 13.0. The molecule has 0 saturated carbocycles. The Labute approximate surface area is 129 Å². The number of methoxy groups -OCH3 is 1. The van der Waals surface area contributed by atoms with E-state index < -0.39 is 5.97 Å². The fourth-order valence-corrected chi connectivity index (χ4v) is 1.60. The van der Waals surface area contributed by atoms with Gasteiger partial charge >= 0.3 is 5.97 Å². The van der Waals surface area contributed by atoms with Crippen LogP contribution in [0, 0.1) is 0 Å². The van der Waals surface area contributed by atoms with Crippen LogP contribution in [0.3, 0.4) is 0 Å². The summed E-state index contributed by atoms with van der Waals surface area (Å²) in [5.74, 6) is -0.717. The Hall–Kier alpha value is -2.63. The third-order valence-electron chi connectivity index (χ3n) is 2.90. The van der Waals surface area contributed by atoms with Gasteiger partial charge in [0.05, 0.1) is 12.7 Å². The second kappa shape index (κ2) is 8.61. The molecule has 2 amide bonds. The topological polar surface area (TPSA) is 75.7 Å². The number of amides is 2. The molecule has 0 aliphatic rings. The maximum atomic E-state index is 11.6. The van der Waals surface area contributed by atoms with Crippen molar-refractivity contribution in [3.63, 3.8) is 0 Å². The highest BCUT2D eigenvalue weighted by Gasteiger charge is 2.05. The summed E-state index contributed by atoms with van der Waals surface area (Å²) in [5.41, 5.74) is 1.23. The molecule has 1 aromatic rings. The van der Waals surface area contributed by atoms with Crippen molar-refractivity contribution in [1.82, 2.24) is 10.2 Å². The van der Waals surface area contributed by atoms with Crippen molar-refractivity contribution in [3.05, 3.63) is 41.5 Å². The Morgan fingerprint density at radius 3 is 2.36 bits per heavy atom. The van der Waals surface area contributed by atoms with E-state index in [4.69, 9.17) is 0 Å². The lowest BCUT2D eigenvalue weighted by Crippen LogP contribution is -2.29. The smallest absolute Gasteiger partial charge is 0.337 e. The van der Waals surface area contributed by atoms with Crippen LogP contribution in [0.25, 0.3) is 6.08 Å². The SMILES string of the molecule is COC(=O)c1ccc(C=CC(=O)NCCC(=O)N(C)C)cc1. The van der Waals surface area contributed by atoms with Crippen LogP contribution in [0.2, 0.25) is 0 Å². The molecule has 0 aliphatic heterocycles. The molecule has 0 saturated heterocycles. The molecule has 0 spiro atoms. The lowest BCUT2D eigenvalue weighted by molar-refractivity contribution is -0.128. The van der Waals surface area contributed by atoms with E-state index in [1.165, 1.54) is 18.1 Å². The van der Waals surface area contributed by atoms with E-state index in [-0.39, 0.29) is 18.2 Å². The van der Waals surface area contributed by atoms with Crippen molar-refractivity contribution in [2.45, 2.75) is 6.42 Å². The molecule has 0 aliphatic carbocycles. The molecule has 118 valence electrons. The predicted molar refractivity (Wildman–Crippen MR) is 83.1 cm³/mol.